The van der Waals surface area contributed by atoms with Crippen molar-refractivity contribution in [1.29, 1.82) is 0 Å². The molecule has 6 rings (SSSR count). The number of aliphatic hydroxyl groups is 1. The minimum Gasteiger partial charge on any atom is -0.482 e. The molecule has 0 radical (unpaired) electrons. The summed E-state index contributed by atoms with van der Waals surface area (Å²) in [6, 6.07) is 8.21. The average Bonchev–Trinajstić information content (AvgIpc) is 3.37. The molecule has 1 aromatic carbocycles. The lowest BCUT2D eigenvalue weighted by atomic mass is 9.49. The van der Waals surface area contributed by atoms with Gasteiger partial charge in [-0.3, -0.25) is 19.1 Å². The first-order valence-corrected chi connectivity index (χ1v) is 15.9. The van der Waals surface area contributed by atoms with Crippen molar-refractivity contribution in [2.75, 3.05) is 26.5 Å². The maximum Gasteiger partial charge on any atom is 0.342 e. The molecule has 41 heavy (non-hydrogen) atoms. The van der Waals surface area contributed by atoms with Crippen LogP contribution in [0.5, 0.6) is 0 Å². The molecule has 11 heteroatoms. The molecule has 1 aromatic rings. The Morgan fingerprint density at radius 2 is 2.15 bits per heavy atom. The summed E-state index contributed by atoms with van der Waals surface area (Å²) in [6.45, 7) is 6.64. The predicted molar refractivity (Wildman–Crippen MR) is 149 cm³/mol. The highest BCUT2D eigenvalue weighted by molar-refractivity contribution is 7.56. The molecule has 2 heterocycles. The van der Waals surface area contributed by atoms with E-state index < -0.39 is 36.7 Å². The van der Waals surface area contributed by atoms with Crippen molar-refractivity contribution in [2.24, 2.45) is 17.3 Å². The fourth-order valence-electron chi connectivity index (χ4n) is 7.83. The Kier molecular flexibility index (Phi) is 7.27. The molecule has 0 aromatic heterocycles. The maximum atomic E-state index is 14.0. The zero-order valence-corrected chi connectivity index (χ0v) is 24.3. The van der Waals surface area contributed by atoms with Gasteiger partial charge in [0, 0.05) is 38.6 Å². The number of benzene rings is 1. The Labute approximate surface area is 239 Å². The number of hydrogen-bond acceptors (Lipinski definition) is 9. The Hall–Kier alpha value is -2.75. The molecule has 220 valence electrons. The Morgan fingerprint density at radius 3 is 2.88 bits per heavy atom. The fraction of sp³-hybridized carbons (Fsp3) is 0.533. The maximum absolute atomic E-state index is 14.0. The molecular formula is C30H37N2O8P. The third-order valence-corrected chi connectivity index (χ3v) is 11.3. The average molecular weight is 585 g/mol. The Bertz CT molecular complexity index is 1350. The second-order valence-electron chi connectivity index (χ2n) is 11.8. The first-order valence-electron chi connectivity index (χ1n) is 14.1. The predicted octanol–water partition coefficient (Wildman–Crippen LogP) is 3.29. The van der Waals surface area contributed by atoms with E-state index in [9.17, 15) is 19.3 Å². The van der Waals surface area contributed by atoms with E-state index in [0.29, 0.717) is 31.7 Å². The zero-order valence-electron chi connectivity index (χ0n) is 23.4. The fourth-order valence-corrected chi connectivity index (χ4v) is 9.52. The molecule has 2 aliphatic heterocycles. The van der Waals surface area contributed by atoms with Crippen LogP contribution in [0.3, 0.4) is 0 Å². The second-order valence-corrected chi connectivity index (χ2v) is 13.8. The van der Waals surface area contributed by atoms with Crippen molar-refractivity contribution in [1.82, 2.24) is 9.99 Å². The van der Waals surface area contributed by atoms with Crippen LogP contribution in [0.4, 0.5) is 0 Å². The van der Waals surface area contributed by atoms with Crippen LogP contribution in [-0.2, 0) is 39.5 Å². The standard InChI is InChI=1S/C30H37N2O8P/c1-4-14-32-17-29-25-21-10-11-23(26(25)39-27(29)22(33)12-13-30(29,35)24(32)15-21)40-41(36,18-37-3)31-19(2)28(34)38-16-20-8-6-5-7-9-20/h4-11,19,21,24-25,27,35H,1,12-18H2,2-3H3,(H,31,36)/t19-,21?,24?,25?,27-,29-,30+,41?/m0/s1. The number of methoxy groups -OCH3 is 1. The number of rotatable bonds is 11. The van der Waals surface area contributed by atoms with Gasteiger partial charge in [0.05, 0.1) is 11.0 Å². The van der Waals surface area contributed by atoms with Gasteiger partial charge < -0.3 is 23.8 Å². The van der Waals surface area contributed by atoms with E-state index in [0.717, 1.165) is 5.56 Å². The number of nitrogens with one attached hydrogen (secondary N) is 1. The van der Waals surface area contributed by atoms with Crippen LogP contribution in [0.15, 0.2) is 66.7 Å². The van der Waals surface area contributed by atoms with Gasteiger partial charge in [-0.1, -0.05) is 42.5 Å². The second kappa shape index (κ2) is 10.5. The van der Waals surface area contributed by atoms with Gasteiger partial charge in [0.2, 0.25) is 0 Å². The summed E-state index contributed by atoms with van der Waals surface area (Å²) in [5.74, 6) is -0.248. The lowest BCUT2D eigenvalue weighted by Gasteiger charge is -2.54. The minimum absolute atomic E-state index is 0.0231. The largest absolute Gasteiger partial charge is 0.482 e. The lowest BCUT2D eigenvalue weighted by molar-refractivity contribution is -0.175. The lowest BCUT2D eigenvalue weighted by Crippen LogP contribution is -2.66. The highest BCUT2D eigenvalue weighted by Crippen LogP contribution is 2.70. The molecule has 2 bridgehead atoms. The summed E-state index contributed by atoms with van der Waals surface area (Å²) < 4.78 is 37.2. The highest BCUT2D eigenvalue weighted by atomic mass is 31.2. The smallest absolute Gasteiger partial charge is 0.342 e. The normalized spacial score (nSPS) is 35.3. The topological polar surface area (TPSA) is 124 Å². The third kappa shape index (κ3) is 4.43. The van der Waals surface area contributed by atoms with Crippen LogP contribution in [0, 0.1) is 17.3 Å². The molecule has 2 N–H and O–H groups in total. The van der Waals surface area contributed by atoms with Gasteiger partial charge in [-0.2, -0.15) is 0 Å². The molecule has 3 aliphatic carbocycles. The first kappa shape index (κ1) is 28.4. The summed E-state index contributed by atoms with van der Waals surface area (Å²) in [7, 11) is -2.41. The number of Topliss-reactive ketones (excluding diaryl/α,β-unsaturated/α-hetero) is 1. The molecule has 10 nitrogen and oxygen atoms in total. The number of allylic oxidation sites excluding steroid dienone is 3. The molecule has 2 saturated heterocycles. The summed E-state index contributed by atoms with van der Waals surface area (Å²) in [4.78, 5) is 28.2. The number of carbonyl (C=O) groups excluding carboxylic acids is 2. The molecule has 5 aliphatic rings. The number of nitrogens with zero attached hydrogens (tertiary/aromatic N) is 1. The molecule has 8 atom stereocenters. The van der Waals surface area contributed by atoms with E-state index in [4.69, 9.17) is 18.7 Å². The van der Waals surface area contributed by atoms with Gasteiger partial charge in [-0.15, -0.1) is 6.58 Å². The zero-order chi connectivity index (χ0) is 29.0. The van der Waals surface area contributed by atoms with E-state index >= 15 is 0 Å². The van der Waals surface area contributed by atoms with Crippen molar-refractivity contribution in [3.05, 3.63) is 72.2 Å². The molecule has 2 saturated carbocycles. The first-order chi connectivity index (χ1) is 19.7. The van der Waals surface area contributed by atoms with E-state index in [-0.39, 0.29) is 48.8 Å². The van der Waals surface area contributed by atoms with Gasteiger partial charge in [0.1, 0.15) is 24.8 Å². The minimum atomic E-state index is -3.81. The van der Waals surface area contributed by atoms with Gasteiger partial charge in [-0.05, 0) is 37.3 Å². The molecule has 0 amide bonds. The van der Waals surface area contributed by atoms with Crippen molar-refractivity contribution >= 4 is 19.3 Å². The quantitative estimate of drug-likeness (QED) is 0.228. The van der Waals surface area contributed by atoms with Crippen LogP contribution < -0.4 is 5.09 Å². The van der Waals surface area contributed by atoms with E-state index in [1.807, 2.05) is 42.5 Å². The van der Waals surface area contributed by atoms with Crippen molar-refractivity contribution in [2.45, 2.75) is 56.6 Å². The number of esters is 1. The van der Waals surface area contributed by atoms with Gasteiger partial charge in [0.25, 0.3) is 0 Å². The summed E-state index contributed by atoms with van der Waals surface area (Å²) in [5, 5.41) is 15.0. The van der Waals surface area contributed by atoms with E-state index in [2.05, 4.69) is 16.6 Å². The number of ketones is 1. The molecule has 1 spiro atoms. The molecule has 4 unspecified atom stereocenters. The number of ether oxygens (including phenoxy) is 3. The number of carbonyl (C=O) groups is 2. The van der Waals surface area contributed by atoms with Gasteiger partial charge in [0.15, 0.2) is 17.6 Å². The van der Waals surface area contributed by atoms with Crippen LogP contribution in [0.1, 0.15) is 31.7 Å². The summed E-state index contributed by atoms with van der Waals surface area (Å²) >= 11 is 0. The Balaban J connectivity index is 1.27. The van der Waals surface area contributed by atoms with Gasteiger partial charge >= 0.3 is 13.5 Å². The molecule has 4 fully saturated rings. The SMILES string of the molecule is C=CCN1C[C@@]23C4C5=C(OP(=O)(COC)N[C@@H](C)C(=O)OCc6ccccc6)C=CC4CC1[C@]2(O)CCC(=O)[C@@H]3O5. The monoisotopic (exact) mass is 584 g/mol. The Morgan fingerprint density at radius 1 is 1.37 bits per heavy atom. The number of hydrogen-bond donors (Lipinski definition) is 2. The number of likely N-dealkylation sites (tertiary alicyclic amines) is 1. The van der Waals surface area contributed by atoms with Crippen molar-refractivity contribution in [3.8, 4) is 0 Å². The summed E-state index contributed by atoms with van der Waals surface area (Å²) in [6.07, 6.45) is 5.76. The summed E-state index contributed by atoms with van der Waals surface area (Å²) in [5.41, 5.74) is -1.10. The van der Waals surface area contributed by atoms with Gasteiger partial charge in [-0.25, -0.2) is 5.09 Å². The van der Waals surface area contributed by atoms with Crippen LogP contribution >= 0.6 is 7.52 Å². The van der Waals surface area contributed by atoms with Crippen LogP contribution in [0.2, 0.25) is 0 Å². The van der Waals surface area contributed by atoms with E-state index in [1.54, 1.807) is 13.0 Å². The third-order valence-electron chi connectivity index (χ3n) is 9.40. The van der Waals surface area contributed by atoms with Crippen LogP contribution in [0.25, 0.3) is 0 Å². The molecular weight excluding hydrogens is 547 g/mol. The highest BCUT2D eigenvalue weighted by Gasteiger charge is 2.79. The van der Waals surface area contributed by atoms with Crippen molar-refractivity contribution in [3.63, 3.8) is 0 Å². The van der Waals surface area contributed by atoms with Crippen LogP contribution in [-0.4, -0.2) is 72.1 Å². The van der Waals surface area contributed by atoms with Crippen molar-refractivity contribution < 1.29 is 38.0 Å². The van der Waals surface area contributed by atoms with E-state index in [1.165, 1.54) is 7.11 Å².